The van der Waals surface area contributed by atoms with Gasteiger partial charge < -0.3 is 4.74 Å². The van der Waals surface area contributed by atoms with Crippen LogP contribution in [-0.4, -0.2) is 22.5 Å². The van der Waals surface area contributed by atoms with Crippen molar-refractivity contribution in [3.63, 3.8) is 0 Å². The quantitative estimate of drug-likeness (QED) is 0.769. The van der Waals surface area contributed by atoms with Gasteiger partial charge in [0.15, 0.2) is 0 Å². The molecule has 18 heavy (non-hydrogen) atoms. The maximum absolute atomic E-state index is 11.8. The van der Waals surface area contributed by atoms with Gasteiger partial charge in [0.25, 0.3) is 0 Å². The van der Waals surface area contributed by atoms with Crippen molar-refractivity contribution in [2.24, 2.45) is 5.92 Å². The number of aromatic nitrogens is 2. The molecule has 0 aromatic carbocycles. The third-order valence-electron chi connectivity index (χ3n) is 3.32. The van der Waals surface area contributed by atoms with Crippen LogP contribution in [0.1, 0.15) is 67.8 Å². The predicted octanol–water partition coefficient (Wildman–Crippen LogP) is 2.90. The molecule has 1 saturated carbocycles. The lowest BCUT2D eigenvalue weighted by Crippen LogP contribution is -2.13. The molecule has 1 aliphatic rings. The molecule has 0 N–H and O–H groups in total. The summed E-state index contributed by atoms with van der Waals surface area (Å²) in [6, 6.07) is 0. The van der Waals surface area contributed by atoms with E-state index in [4.69, 9.17) is 4.74 Å². The first-order chi connectivity index (χ1) is 8.54. The van der Waals surface area contributed by atoms with Crippen molar-refractivity contribution < 1.29 is 9.53 Å². The number of carbonyl (C=O) groups is 1. The molecule has 1 aromatic rings. The Morgan fingerprint density at radius 3 is 2.72 bits per heavy atom. The Balaban J connectivity index is 2.32. The van der Waals surface area contributed by atoms with E-state index in [1.807, 2.05) is 13.8 Å². The van der Waals surface area contributed by atoms with Crippen LogP contribution in [-0.2, 0) is 4.74 Å². The third-order valence-corrected chi connectivity index (χ3v) is 3.32. The van der Waals surface area contributed by atoms with E-state index in [0.29, 0.717) is 24.0 Å². The molecule has 4 nitrogen and oxygen atoms in total. The molecule has 0 bridgehead atoms. The largest absolute Gasteiger partial charge is 0.462 e. The lowest BCUT2D eigenvalue weighted by molar-refractivity contribution is 0.0523. The van der Waals surface area contributed by atoms with E-state index in [2.05, 4.69) is 16.9 Å². The van der Waals surface area contributed by atoms with E-state index in [1.54, 1.807) is 13.1 Å². The molecular formula is C14H20N2O2. The minimum Gasteiger partial charge on any atom is -0.462 e. The Hall–Kier alpha value is -1.45. The number of ether oxygens (including phenoxy) is 1. The van der Waals surface area contributed by atoms with Crippen LogP contribution in [0.5, 0.6) is 0 Å². The first-order valence-electron chi connectivity index (χ1n) is 6.58. The van der Waals surface area contributed by atoms with Crippen molar-refractivity contribution >= 4 is 5.97 Å². The van der Waals surface area contributed by atoms with Crippen LogP contribution in [0.2, 0.25) is 0 Å². The highest BCUT2D eigenvalue weighted by Crippen LogP contribution is 2.45. The van der Waals surface area contributed by atoms with Gasteiger partial charge in [-0.2, -0.15) is 0 Å². The molecule has 0 aliphatic heterocycles. The lowest BCUT2D eigenvalue weighted by Gasteiger charge is -2.11. The number of carbonyl (C=O) groups excluding carboxylic acids is 1. The summed E-state index contributed by atoms with van der Waals surface area (Å²) in [6.07, 6.45) is 2.77. The summed E-state index contributed by atoms with van der Waals surface area (Å²) in [5.74, 6) is 1.88. The van der Waals surface area contributed by atoms with Crippen LogP contribution in [0.4, 0.5) is 0 Å². The van der Waals surface area contributed by atoms with Gasteiger partial charge in [0.1, 0.15) is 5.82 Å². The molecule has 2 rings (SSSR count). The smallest absolute Gasteiger partial charge is 0.341 e. The van der Waals surface area contributed by atoms with Gasteiger partial charge in [-0.05, 0) is 25.2 Å². The average Bonchev–Trinajstić information content (AvgIpc) is 3.06. The van der Waals surface area contributed by atoms with Crippen LogP contribution in [0.25, 0.3) is 0 Å². The highest BCUT2D eigenvalue weighted by Gasteiger charge is 2.37. The Labute approximate surface area is 108 Å². The third kappa shape index (κ3) is 2.52. The molecule has 0 saturated heterocycles. The van der Waals surface area contributed by atoms with E-state index >= 15 is 0 Å². The average molecular weight is 248 g/mol. The van der Waals surface area contributed by atoms with Crippen LogP contribution in [0, 0.1) is 5.92 Å². The van der Waals surface area contributed by atoms with E-state index in [1.165, 1.54) is 0 Å². The van der Waals surface area contributed by atoms with E-state index in [9.17, 15) is 4.79 Å². The second-order valence-corrected chi connectivity index (χ2v) is 5.22. The van der Waals surface area contributed by atoms with E-state index in [0.717, 1.165) is 17.9 Å². The van der Waals surface area contributed by atoms with Crippen molar-refractivity contribution in [1.29, 1.82) is 0 Å². The summed E-state index contributed by atoms with van der Waals surface area (Å²) in [5.41, 5.74) is 1.31. The highest BCUT2D eigenvalue weighted by atomic mass is 16.5. The number of hydrogen-bond donors (Lipinski definition) is 0. The van der Waals surface area contributed by atoms with Crippen molar-refractivity contribution in [3.05, 3.63) is 23.3 Å². The van der Waals surface area contributed by atoms with Gasteiger partial charge in [-0.3, -0.25) is 0 Å². The van der Waals surface area contributed by atoms with Crippen molar-refractivity contribution in [1.82, 2.24) is 9.97 Å². The highest BCUT2D eigenvalue weighted by molar-refractivity contribution is 5.90. The molecular weight excluding hydrogens is 228 g/mol. The fourth-order valence-corrected chi connectivity index (χ4v) is 2.08. The van der Waals surface area contributed by atoms with Crippen LogP contribution < -0.4 is 0 Å². The Morgan fingerprint density at radius 1 is 1.56 bits per heavy atom. The normalized spacial score (nSPS) is 22.1. The standard InChI is InChI=1S/C14H20N2O2/c1-5-18-14(17)11-7-15-13(10-6-9(10)4)16-12(11)8(2)3/h7-10H,5-6H2,1-4H3. The molecule has 0 spiro atoms. The van der Waals surface area contributed by atoms with Gasteiger partial charge in [-0.1, -0.05) is 20.8 Å². The predicted molar refractivity (Wildman–Crippen MR) is 68.6 cm³/mol. The van der Waals surface area contributed by atoms with Gasteiger partial charge >= 0.3 is 5.97 Å². The zero-order valence-corrected chi connectivity index (χ0v) is 11.4. The molecule has 1 aliphatic carbocycles. The van der Waals surface area contributed by atoms with Gasteiger partial charge in [0.2, 0.25) is 0 Å². The maximum atomic E-state index is 11.8. The summed E-state index contributed by atoms with van der Waals surface area (Å²) in [7, 11) is 0. The van der Waals surface area contributed by atoms with Gasteiger partial charge in [-0.15, -0.1) is 0 Å². The van der Waals surface area contributed by atoms with Crippen molar-refractivity contribution in [2.75, 3.05) is 6.61 Å². The minimum absolute atomic E-state index is 0.195. The first-order valence-corrected chi connectivity index (χ1v) is 6.58. The van der Waals surface area contributed by atoms with Crippen LogP contribution in [0.15, 0.2) is 6.20 Å². The zero-order chi connectivity index (χ0) is 13.3. The van der Waals surface area contributed by atoms with Gasteiger partial charge in [0, 0.05) is 12.1 Å². The van der Waals surface area contributed by atoms with Crippen molar-refractivity contribution in [3.8, 4) is 0 Å². The molecule has 0 amide bonds. The summed E-state index contributed by atoms with van der Waals surface area (Å²) in [5, 5.41) is 0. The summed E-state index contributed by atoms with van der Waals surface area (Å²) in [4.78, 5) is 20.7. The molecule has 1 fully saturated rings. The Morgan fingerprint density at radius 2 is 2.22 bits per heavy atom. The molecule has 0 radical (unpaired) electrons. The summed E-state index contributed by atoms with van der Waals surface area (Å²) >= 11 is 0. The van der Waals surface area contributed by atoms with Crippen LogP contribution in [0.3, 0.4) is 0 Å². The number of rotatable bonds is 4. The topological polar surface area (TPSA) is 52.1 Å². The fourth-order valence-electron chi connectivity index (χ4n) is 2.08. The number of nitrogens with zero attached hydrogens (tertiary/aromatic N) is 2. The minimum atomic E-state index is -0.323. The Bertz CT molecular complexity index is 457. The molecule has 2 unspecified atom stereocenters. The summed E-state index contributed by atoms with van der Waals surface area (Å²) < 4.78 is 5.04. The molecule has 1 heterocycles. The molecule has 2 atom stereocenters. The molecule has 1 aromatic heterocycles. The molecule has 98 valence electrons. The van der Waals surface area contributed by atoms with Crippen LogP contribution >= 0.6 is 0 Å². The Kier molecular flexibility index (Phi) is 3.64. The summed E-state index contributed by atoms with van der Waals surface area (Å²) in [6.45, 7) is 8.44. The first kappa shape index (κ1) is 13.0. The fraction of sp³-hybridized carbons (Fsp3) is 0.643. The molecule has 4 heteroatoms. The van der Waals surface area contributed by atoms with E-state index < -0.39 is 0 Å². The van der Waals surface area contributed by atoms with Gasteiger partial charge in [-0.25, -0.2) is 14.8 Å². The van der Waals surface area contributed by atoms with E-state index in [-0.39, 0.29) is 11.9 Å². The number of hydrogen-bond acceptors (Lipinski definition) is 4. The van der Waals surface area contributed by atoms with Crippen molar-refractivity contribution in [2.45, 2.75) is 46.0 Å². The SMILES string of the molecule is CCOC(=O)c1cnc(C2CC2C)nc1C(C)C. The monoisotopic (exact) mass is 248 g/mol. The zero-order valence-electron chi connectivity index (χ0n) is 11.4. The second kappa shape index (κ2) is 5.04. The maximum Gasteiger partial charge on any atom is 0.341 e. The second-order valence-electron chi connectivity index (χ2n) is 5.22. The van der Waals surface area contributed by atoms with Gasteiger partial charge in [0.05, 0.1) is 17.9 Å². The lowest BCUT2D eigenvalue weighted by atomic mass is 10.0. The number of esters is 1.